The maximum Gasteiger partial charge on any atom is 0.140 e. The van der Waals surface area contributed by atoms with Gasteiger partial charge in [0.25, 0.3) is 0 Å². The van der Waals surface area contributed by atoms with E-state index in [-0.39, 0.29) is 12.8 Å². The quantitative estimate of drug-likeness (QED) is 0.429. The topological polar surface area (TPSA) is 66.0 Å². The van der Waals surface area contributed by atoms with Crippen molar-refractivity contribution in [3.63, 3.8) is 0 Å². The molecule has 0 aromatic rings. The zero-order chi connectivity index (χ0) is 13.0. The van der Waals surface area contributed by atoms with Gasteiger partial charge in [0.05, 0.1) is 25.9 Å². The number of hydrogen-bond acceptors (Lipinski definition) is 3. The van der Waals surface area contributed by atoms with E-state index in [1.807, 2.05) is 0 Å². The highest BCUT2D eigenvalue weighted by Gasteiger charge is 2.07. The molecule has 0 saturated carbocycles. The normalized spacial score (nSPS) is 14.8. The van der Waals surface area contributed by atoms with E-state index in [4.69, 9.17) is 0 Å². The van der Waals surface area contributed by atoms with Crippen LogP contribution in [0.4, 0.5) is 0 Å². The Labute approximate surface area is 106 Å². The number of rotatable bonds is 12. The molecule has 104 valence electrons. The molecular weight excluding hydrogens is 237 g/mol. The summed E-state index contributed by atoms with van der Waals surface area (Å²) in [5, 5.41) is 2.07. The maximum absolute atomic E-state index is 11.2. The summed E-state index contributed by atoms with van der Waals surface area (Å²) in [6, 6.07) is 0. The van der Waals surface area contributed by atoms with Crippen molar-refractivity contribution in [2.24, 2.45) is 0 Å². The molecule has 0 fully saturated rings. The van der Waals surface area contributed by atoms with E-state index in [9.17, 15) is 9.46 Å². The smallest absolute Gasteiger partial charge is 0.140 e. The maximum atomic E-state index is 11.2. The lowest BCUT2D eigenvalue weighted by atomic mass is 10.1. The van der Waals surface area contributed by atoms with Crippen molar-refractivity contribution in [1.29, 1.82) is 0 Å². The monoisotopic (exact) mass is 265 g/mol. The lowest BCUT2D eigenvalue weighted by Crippen LogP contribution is -2.85. The van der Waals surface area contributed by atoms with E-state index in [1.54, 1.807) is 6.92 Å². The van der Waals surface area contributed by atoms with Crippen molar-refractivity contribution in [2.45, 2.75) is 52.4 Å². The Kier molecular flexibility index (Phi) is 11.3. The Morgan fingerprint density at radius 2 is 1.71 bits per heavy atom. The third-order valence-electron chi connectivity index (χ3n) is 2.69. The molecule has 1 atom stereocenters. The largest absolute Gasteiger partial charge is 0.778 e. The molecule has 5 heteroatoms. The van der Waals surface area contributed by atoms with Gasteiger partial charge in [0.1, 0.15) is 7.60 Å². The molecule has 0 rings (SSSR count). The highest BCUT2D eigenvalue weighted by atomic mass is 31.2. The Hall–Kier alpha value is 0.110. The van der Waals surface area contributed by atoms with E-state index in [2.05, 4.69) is 16.8 Å². The fourth-order valence-corrected chi connectivity index (χ4v) is 2.75. The minimum absolute atomic E-state index is 0.149. The summed E-state index contributed by atoms with van der Waals surface area (Å²) in [6.07, 6.45) is 7.84. The predicted octanol–water partition coefficient (Wildman–Crippen LogP) is 1.50. The summed E-state index contributed by atoms with van der Waals surface area (Å²) in [4.78, 5) is 11.2. The molecule has 0 aromatic heterocycles. The molecule has 0 radical (unpaired) electrons. The van der Waals surface area contributed by atoms with Crippen molar-refractivity contribution in [2.75, 3.05) is 25.9 Å². The van der Waals surface area contributed by atoms with Crippen molar-refractivity contribution in [3.8, 4) is 0 Å². The second-order valence-corrected chi connectivity index (χ2v) is 6.31. The summed E-state index contributed by atoms with van der Waals surface area (Å²) >= 11 is 0. The van der Waals surface area contributed by atoms with Crippen LogP contribution < -0.4 is 10.2 Å². The molecule has 0 spiro atoms. The summed E-state index contributed by atoms with van der Waals surface area (Å²) in [5.41, 5.74) is 0. The van der Waals surface area contributed by atoms with E-state index in [1.165, 1.54) is 38.5 Å². The van der Waals surface area contributed by atoms with Crippen LogP contribution >= 0.6 is 7.60 Å². The zero-order valence-corrected chi connectivity index (χ0v) is 12.2. The Balaban J connectivity index is 3.21. The van der Waals surface area contributed by atoms with Crippen LogP contribution in [0.25, 0.3) is 0 Å². The van der Waals surface area contributed by atoms with Crippen LogP contribution in [0.3, 0.4) is 0 Å². The molecule has 0 aliphatic rings. The van der Waals surface area contributed by atoms with Gasteiger partial charge in [0, 0.05) is 0 Å². The first-order valence-electron chi connectivity index (χ1n) is 6.88. The molecule has 1 unspecified atom stereocenters. The van der Waals surface area contributed by atoms with Gasteiger partial charge < -0.3 is 19.3 Å². The van der Waals surface area contributed by atoms with Gasteiger partial charge in [0.2, 0.25) is 0 Å². The van der Waals surface area contributed by atoms with Crippen LogP contribution in [0.2, 0.25) is 0 Å². The number of unbranched alkanes of at least 4 members (excludes halogenated alkanes) is 5. The third kappa shape index (κ3) is 12.4. The van der Waals surface area contributed by atoms with Gasteiger partial charge in [-0.3, -0.25) is 0 Å². The second-order valence-electron chi connectivity index (χ2n) is 4.39. The number of quaternary nitrogens is 1. The molecule has 0 amide bonds. The first-order chi connectivity index (χ1) is 8.12. The van der Waals surface area contributed by atoms with Crippen LogP contribution in [-0.4, -0.2) is 25.9 Å². The lowest BCUT2D eigenvalue weighted by molar-refractivity contribution is -0.651. The fourth-order valence-electron chi connectivity index (χ4n) is 1.72. The average Bonchev–Trinajstić information content (AvgIpc) is 2.27. The minimum Gasteiger partial charge on any atom is -0.778 e. The Morgan fingerprint density at radius 1 is 1.06 bits per heavy atom. The third-order valence-corrected chi connectivity index (χ3v) is 4.15. The molecule has 0 bridgehead atoms. The minimum atomic E-state index is -3.54. The molecule has 0 heterocycles. The van der Waals surface area contributed by atoms with Gasteiger partial charge in [-0.1, -0.05) is 32.6 Å². The summed E-state index contributed by atoms with van der Waals surface area (Å²) in [6.45, 7) is 5.81. The van der Waals surface area contributed by atoms with Crippen LogP contribution in [0, 0.1) is 0 Å². The van der Waals surface area contributed by atoms with Gasteiger partial charge in [-0.15, -0.1) is 0 Å². The Morgan fingerprint density at radius 3 is 2.35 bits per heavy atom. The Bertz CT molecular complexity index is 212. The molecule has 0 aliphatic heterocycles. The summed E-state index contributed by atoms with van der Waals surface area (Å²) in [5.74, 6) is 0. The van der Waals surface area contributed by atoms with Gasteiger partial charge in [-0.25, -0.2) is 0 Å². The van der Waals surface area contributed by atoms with E-state index < -0.39 is 7.60 Å². The van der Waals surface area contributed by atoms with E-state index in [0.29, 0.717) is 6.54 Å². The summed E-state index contributed by atoms with van der Waals surface area (Å²) in [7, 11) is -3.54. The molecule has 0 aromatic carbocycles. The highest BCUT2D eigenvalue weighted by Crippen LogP contribution is 2.34. The molecule has 17 heavy (non-hydrogen) atoms. The van der Waals surface area contributed by atoms with Crippen molar-refractivity contribution >= 4 is 7.60 Å². The second kappa shape index (κ2) is 11.2. The van der Waals surface area contributed by atoms with Gasteiger partial charge in [-0.05, 0) is 19.8 Å². The van der Waals surface area contributed by atoms with Gasteiger partial charge >= 0.3 is 0 Å². The van der Waals surface area contributed by atoms with Crippen LogP contribution in [0.1, 0.15) is 52.4 Å². The van der Waals surface area contributed by atoms with Crippen molar-refractivity contribution < 1.29 is 19.3 Å². The predicted molar refractivity (Wildman–Crippen MR) is 69.1 cm³/mol. The molecular formula is C12H28NO3P. The van der Waals surface area contributed by atoms with Crippen molar-refractivity contribution in [3.05, 3.63) is 0 Å². The lowest BCUT2D eigenvalue weighted by Gasteiger charge is -2.21. The number of nitrogens with two attached hydrogens (primary N) is 1. The first-order valence-corrected chi connectivity index (χ1v) is 8.61. The molecule has 2 N–H and O–H groups in total. The molecule has 0 saturated heterocycles. The van der Waals surface area contributed by atoms with Crippen LogP contribution in [0.5, 0.6) is 0 Å². The standard InChI is InChI=1S/C12H28NO3P/c1-3-5-6-7-8-9-10-13-11-12-17(14,15)16-4-2/h13H,3-12H2,1-2H3,(H,14,15). The molecule has 0 aliphatic carbocycles. The van der Waals surface area contributed by atoms with Gasteiger partial charge in [-0.2, -0.15) is 0 Å². The SMILES string of the molecule is CCCCCCCC[NH2+]CCP(=O)([O-])OCC. The van der Waals surface area contributed by atoms with Crippen LogP contribution in [-0.2, 0) is 9.09 Å². The average molecular weight is 265 g/mol. The zero-order valence-electron chi connectivity index (χ0n) is 11.3. The fraction of sp³-hybridized carbons (Fsp3) is 1.00. The van der Waals surface area contributed by atoms with Crippen molar-refractivity contribution in [1.82, 2.24) is 0 Å². The van der Waals surface area contributed by atoms with Gasteiger partial charge in [0.15, 0.2) is 0 Å². The van der Waals surface area contributed by atoms with Crippen LogP contribution in [0.15, 0.2) is 0 Å². The molecule has 4 nitrogen and oxygen atoms in total. The first kappa shape index (κ1) is 17.1. The highest BCUT2D eigenvalue weighted by molar-refractivity contribution is 7.51. The van der Waals surface area contributed by atoms with E-state index in [0.717, 1.165) is 6.54 Å². The number of hydrogen-bond donors (Lipinski definition) is 1. The summed E-state index contributed by atoms with van der Waals surface area (Å²) < 4.78 is 15.9. The van der Waals surface area contributed by atoms with E-state index >= 15 is 0 Å².